The van der Waals surface area contributed by atoms with Gasteiger partial charge in [0.1, 0.15) is 0 Å². The van der Waals surface area contributed by atoms with E-state index in [2.05, 4.69) is 10.1 Å². The van der Waals surface area contributed by atoms with Crippen molar-refractivity contribution in [1.29, 1.82) is 0 Å². The van der Waals surface area contributed by atoms with Gasteiger partial charge >= 0.3 is 0 Å². The molecule has 33 heavy (non-hydrogen) atoms. The molecular formula is C24H22F2N4O3. The van der Waals surface area contributed by atoms with Crippen LogP contribution in [-0.2, 0) is 13.6 Å². The molecule has 3 aromatic heterocycles. The summed E-state index contributed by atoms with van der Waals surface area (Å²) < 4.78 is 43.8. The van der Waals surface area contributed by atoms with Crippen LogP contribution in [0.15, 0.2) is 41.6 Å². The summed E-state index contributed by atoms with van der Waals surface area (Å²) in [5.41, 5.74) is 1.06. The Hall–Kier alpha value is -3.75. The number of fused-ring (bicyclic) bond motifs is 1. The Kier molecular flexibility index (Phi) is 5.11. The van der Waals surface area contributed by atoms with Gasteiger partial charge in [-0.05, 0) is 30.9 Å². The van der Waals surface area contributed by atoms with E-state index in [1.54, 1.807) is 21.6 Å². The zero-order valence-electron chi connectivity index (χ0n) is 18.4. The summed E-state index contributed by atoms with van der Waals surface area (Å²) in [5, 5.41) is 4.77. The van der Waals surface area contributed by atoms with Gasteiger partial charge < -0.3 is 14.0 Å². The summed E-state index contributed by atoms with van der Waals surface area (Å²) in [4.78, 5) is 18.1. The number of nitrogens with zero attached hydrogens (tertiary/aromatic N) is 4. The molecular weight excluding hydrogens is 430 g/mol. The molecule has 7 nitrogen and oxygen atoms in total. The number of hydrogen-bond donors (Lipinski definition) is 0. The fourth-order valence-electron chi connectivity index (χ4n) is 4.02. The maximum absolute atomic E-state index is 15.2. The number of hydrogen-bond acceptors (Lipinski definition) is 5. The number of ether oxygens (including phenoxy) is 2. The van der Waals surface area contributed by atoms with Crippen LogP contribution in [0.3, 0.4) is 0 Å². The zero-order chi connectivity index (χ0) is 23.3. The molecule has 0 radical (unpaired) electrons. The molecule has 3 heterocycles. The standard InChI is InChI=1S/C24H22F2N4O3/c1-29-12-15(10-28-29)17-7-18-14(9-27-17)6-16(24(31)30(18)11-13-4-5-13)21-22(25)19(32-2)8-20(33-3)23(21)26/h6-10,12-13H,4-5,11H2,1-3H3. The fraction of sp³-hybridized carbons (Fsp3) is 0.292. The maximum atomic E-state index is 15.2. The first kappa shape index (κ1) is 21.1. The molecule has 0 saturated heterocycles. The number of aromatic nitrogens is 4. The van der Waals surface area contributed by atoms with E-state index in [-0.39, 0.29) is 17.1 Å². The van der Waals surface area contributed by atoms with Gasteiger partial charge in [-0.2, -0.15) is 5.10 Å². The average molecular weight is 452 g/mol. The lowest BCUT2D eigenvalue weighted by atomic mass is 10.0. The first-order valence-electron chi connectivity index (χ1n) is 10.5. The number of methoxy groups -OCH3 is 2. The van der Waals surface area contributed by atoms with E-state index < -0.39 is 22.8 Å². The van der Waals surface area contributed by atoms with Gasteiger partial charge in [-0.25, -0.2) is 8.78 Å². The van der Waals surface area contributed by atoms with Gasteiger partial charge in [0.2, 0.25) is 0 Å². The highest BCUT2D eigenvalue weighted by atomic mass is 19.1. The summed E-state index contributed by atoms with van der Waals surface area (Å²) in [6.07, 6.45) is 7.15. The van der Waals surface area contributed by atoms with Crippen LogP contribution in [0, 0.1) is 17.6 Å². The van der Waals surface area contributed by atoms with Crippen LogP contribution in [0.2, 0.25) is 0 Å². The minimum absolute atomic E-state index is 0.105. The second-order valence-corrected chi connectivity index (χ2v) is 8.23. The second kappa shape index (κ2) is 7.99. The van der Waals surface area contributed by atoms with E-state index in [1.165, 1.54) is 20.3 Å². The zero-order valence-corrected chi connectivity index (χ0v) is 18.4. The molecule has 1 aliphatic rings. The minimum atomic E-state index is -0.954. The summed E-state index contributed by atoms with van der Waals surface area (Å²) in [5.74, 6) is -1.97. The molecule has 1 fully saturated rings. The molecule has 1 aromatic carbocycles. The monoisotopic (exact) mass is 452 g/mol. The van der Waals surface area contributed by atoms with E-state index >= 15 is 8.78 Å². The van der Waals surface area contributed by atoms with E-state index in [0.717, 1.165) is 24.5 Å². The predicted octanol–water partition coefficient (Wildman–Crippen LogP) is 4.17. The normalized spacial score (nSPS) is 13.5. The van der Waals surface area contributed by atoms with Gasteiger partial charge in [-0.1, -0.05) is 0 Å². The van der Waals surface area contributed by atoms with Crippen LogP contribution in [0.1, 0.15) is 12.8 Å². The molecule has 0 spiro atoms. The largest absolute Gasteiger partial charge is 0.494 e. The van der Waals surface area contributed by atoms with E-state index in [0.29, 0.717) is 29.1 Å². The van der Waals surface area contributed by atoms with Crippen molar-refractivity contribution in [1.82, 2.24) is 19.3 Å². The van der Waals surface area contributed by atoms with Gasteiger partial charge in [-0.15, -0.1) is 0 Å². The van der Waals surface area contributed by atoms with E-state index in [9.17, 15) is 4.79 Å². The first-order chi connectivity index (χ1) is 15.9. The van der Waals surface area contributed by atoms with Crippen molar-refractivity contribution < 1.29 is 18.3 Å². The molecule has 0 N–H and O–H groups in total. The summed E-state index contributed by atoms with van der Waals surface area (Å²) >= 11 is 0. The van der Waals surface area contributed by atoms with Crippen molar-refractivity contribution in [2.45, 2.75) is 19.4 Å². The SMILES string of the molecule is COc1cc(OC)c(F)c(-c2cc3cnc(-c4cnn(C)c4)cc3n(CC3CC3)c2=O)c1F. The maximum Gasteiger partial charge on any atom is 0.259 e. The van der Waals surface area contributed by atoms with Crippen LogP contribution < -0.4 is 15.0 Å². The van der Waals surface area contributed by atoms with Crippen molar-refractivity contribution in [3.8, 4) is 33.9 Å². The van der Waals surface area contributed by atoms with Crippen LogP contribution in [0.5, 0.6) is 11.5 Å². The third kappa shape index (κ3) is 3.63. The van der Waals surface area contributed by atoms with Crippen molar-refractivity contribution in [2.75, 3.05) is 14.2 Å². The highest BCUT2D eigenvalue weighted by molar-refractivity contribution is 5.86. The number of rotatable bonds is 6. The molecule has 0 atom stereocenters. The number of pyridine rings is 2. The molecule has 0 bridgehead atoms. The molecule has 5 rings (SSSR count). The average Bonchev–Trinajstić information content (AvgIpc) is 3.53. The minimum Gasteiger partial charge on any atom is -0.494 e. The van der Waals surface area contributed by atoms with Crippen molar-refractivity contribution in [2.24, 2.45) is 13.0 Å². The first-order valence-corrected chi connectivity index (χ1v) is 10.5. The molecule has 0 amide bonds. The number of benzene rings is 1. The van der Waals surface area contributed by atoms with Crippen LogP contribution in [-0.4, -0.2) is 33.6 Å². The van der Waals surface area contributed by atoms with Crippen LogP contribution in [0.25, 0.3) is 33.3 Å². The Morgan fingerprint density at radius 3 is 2.33 bits per heavy atom. The van der Waals surface area contributed by atoms with E-state index in [4.69, 9.17) is 9.47 Å². The summed E-state index contributed by atoms with van der Waals surface area (Å²) in [6, 6.07) is 4.42. The topological polar surface area (TPSA) is 71.2 Å². The lowest BCUT2D eigenvalue weighted by Gasteiger charge is -2.16. The lowest BCUT2D eigenvalue weighted by molar-refractivity contribution is 0.359. The Labute approximate surface area is 188 Å². The number of aryl methyl sites for hydroxylation is 1. The van der Waals surface area contributed by atoms with Gasteiger partial charge in [-0.3, -0.25) is 14.5 Å². The third-order valence-electron chi connectivity index (χ3n) is 5.96. The Morgan fingerprint density at radius 1 is 1.06 bits per heavy atom. The van der Waals surface area contributed by atoms with Gasteiger partial charge in [0.25, 0.3) is 5.56 Å². The third-order valence-corrected chi connectivity index (χ3v) is 5.96. The molecule has 1 aliphatic carbocycles. The van der Waals surface area contributed by atoms with Gasteiger partial charge in [0.05, 0.1) is 42.8 Å². The Morgan fingerprint density at radius 2 is 1.76 bits per heavy atom. The van der Waals surface area contributed by atoms with Crippen molar-refractivity contribution in [3.63, 3.8) is 0 Å². The lowest BCUT2D eigenvalue weighted by Crippen LogP contribution is -2.24. The van der Waals surface area contributed by atoms with Crippen molar-refractivity contribution >= 4 is 10.9 Å². The Bertz CT molecular complexity index is 1410. The molecule has 0 aliphatic heterocycles. The predicted molar refractivity (Wildman–Crippen MR) is 119 cm³/mol. The molecule has 9 heteroatoms. The second-order valence-electron chi connectivity index (χ2n) is 8.23. The van der Waals surface area contributed by atoms with Gasteiger partial charge in [0, 0.05) is 43.0 Å². The number of halogens is 2. The molecule has 4 aromatic rings. The smallest absolute Gasteiger partial charge is 0.259 e. The highest BCUT2D eigenvalue weighted by Crippen LogP contribution is 2.38. The highest BCUT2D eigenvalue weighted by Gasteiger charge is 2.27. The van der Waals surface area contributed by atoms with Crippen LogP contribution in [0.4, 0.5) is 8.78 Å². The summed E-state index contributed by atoms with van der Waals surface area (Å²) in [6.45, 7) is 0.462. The summed E-state index contributed by atoms with van der Waals surface area (Å²) in [7, 11) is 4.36. The molecule has 0 unspecified atom stereocenters. The van der Waals surface area contributed by atoms with Gasteiger partial charge in [0.15, 0.2) is 23.1 Å². The quantitative estimate of drug-likeness (QED) is 0.439. The molecule has 170 valence electrons. The Balaban J connectivity index is 1.78. The molecule has 1 saturated carbocycles. The van der Waals surface area contributed by atoms with E-state index in [1.807, 2.05) is 19.3 Å². The van der Waals surface area contributed by atoms with Crippen molar-refractivity contribution in [3.05, 3.63) is 58.8 Å². The van der Waals surface area contributed by atoms with Crippen LogP contribution >= 0.6 is 0 Å². The fourth-order valence-corrected chi connectivity index (χ4v) is 4.02.